The van der Waals surface area contributed by atoms with Gasteiger partial charge in [-0.3, -0.25) is 9.48 Å². The summed E-state index contributed by atoms with van der Waals surface area (Å²) in [5.41, 5.74) is 2.02. The molecule has 1 aromatic carbocycles. The van der Waals surface area contributed by atoms with Crippen LogP contribution < -0.4 is 4.74 Å². The van der Waals surface area contributed by atoms with Crippen molar-refractivity contribution in [3.8, 4) is 11.8 Å². The Bertz CT molecular complexity index is 1000. The van der Waals surface area contributed by atoms with Gasteiger partial charge in [-0.25, -0.2) is 0 Å². The van der Waals surface area contributed by atoms with E-state index >= 15 is 0 Å². The molecule has 6 nitrogen and oxygen atoms in total. The number of nitriles is 1. The highest BCUT2D eigenvalue weighted by atomic mass is 16.5. The van der Waals surface area contributed by atoms with Crippen molar-refractivity contribution in [3.63, 3.8) is 0 Å². The van der Waals surface area contributed by atoms with E-state index in [0.29, 0.717) is 28.4 Å². The molecule has 0 saturated carbocycles. The second-order valence-electron chi connectivity index (χ2n) is 5.89. The summed E-state index contributed by atoms with van der Waals surface area (Å²) < 4.78 is 13.1. The van der Waals surface area contributed by atoms with Gasteiger partial charge in [0.05, 0.1) is 23.4 Å². The topological polar surface area (TPSA) is 81.0 Å². The molecule has 136 valence electrons. The molecule has 2 aromatic heterocycles. The molecule has 0 bridgehead atoms. The number of hydrogen-bond donors (Lipinski definition) is 0. The second kappa shape index (κ2) is 8.19. The van der Waals surface area contributed by atoms with Crippen molar-refractivity contribution in [1.82, 2.24) is 9.78 Å². The van der Waals surface area contributed by atoms with E-state index in [0.717, 1.165) is 12.2 Å². The van der Waals surface area contributed by atoms with E-state index in [4.69, 9.17) is 14.4 Å². The molecule has 27 heavy (non-hydrogen) atoms. The van der Waals surface area contributed by atoms with Gasteiger partial charge in [-0.05, 0) is 62.4 Å². The van der Waals surface area contributed by atoms with E-state index < -0.39 is 0 Å². The molecule has 0 aliphatic heterocycles. The molecular formula is C21H19N3O3. The summed E-state index contributed by atoms with van der Waals surface area (Å²) in [6, 6.07) is 12.5. The summed E-state index contributed by atoms with van der Waals surface area (Å²) in [4.78, 5) is 12.3. The largest absolute Gasteiger partial charge is 0.486 e. The number of carbonyl (C=O) groups excluding carboxylic acids is 1. The quantitative estimate of drug-likeness (QED) is 0.466. The highest BCUT2D eigenvalue weighted by molar-refractivity contribution is 6.07. The summed E-state index contributed by atoms with van der Waals surface area (Å²) in [6.45, 7) is 4.84. The van der Waals surface area contributed by atoms with Crippen molar-refractivity contribution in [2.45, 2.75) is 27.0 Å². The van der Waals surface area contributed by atoms with Crippen LogP contribution in [0.3, 0.4) is 0 Å². The van der Waals surface area contributed by atoms with Crippen LogP contribution in [0.1, 0.15) is 40.1 Å². The number of aryl methyl sites for hydroxylation is 1. The lowest BCUT2D eigenvalue weighted by molar-refractivity contribution is 0.104. The smallest absolute Gasteiger partial charge is 0.189 e. The fraction of sp³-hybridized carbons (Fsp3) is 0.190. The maximum Gasteiger partial charge on any atom is 0.189 e. The van der Waals surface area contributed by atoms with Crippen LogP contribution in [0.4, 0.5) is 0 Å². The minimum Gasteiger partial charge on any atom is -0.486 e. The van der Waals surface area contributed by atoms with Gasteiger partial charge in [0.15, 0.2) is 5.78 Å². The lowest BCUT2D eigenvalue weighted by atomic mass is 10.1. The van der Waals surface area contributed by atoms with Gasteiger partial charge < -0.3 is 9.15 Å². The molecular weight excluding hydrogens is 342 g/mol. The van der Waals surface area contributed by atoms with Gasteiger partial charge in [0.1, 0.15) is 23.9 Å². The van der Waals surface area contributed by atoms with E-state index in [1.54, 1.807) is 53.4 Å². The fourth-order valence-electron chi connectivity index (χ4n) is 2.60. The molecule has 0 aliphatic carbocycles. The number of rotatable bonds is 7. The van der Waals surface area contributed by atoms with Crippen LogP contribution in [-0.4, -0.2) is 15.6 Å². The molecule has 0 atom stereocenters. The number of carbonyl (C=O) groups is 1. The number of ether oxygens (including phenoxy) is 1. The van der Waals surface area contributed by atoms with E-state index in [2.05, 4.69) is 11.2 Å². The Hall–Kier alpha value is -3.59. The molecule has 0 radical (unpaired) electrons. The first-order valence-corrected chi connectivity index (χ1v) is 8.57. The lowest BCUT2D eigenvalue weighted by Crippen LogP contribution is -2.01. The molecule has 0 N–H and O–H groups in total. The predicted molar refractivity (Wildman–Crippen MR) is 100 cm³/mol. The van der Waals surface area contributed by atoms with Crippen molar-refractivity contribution in [2.24, 2.45) is 0 Å². The normalized spacial score (nSPS) is 10.9. The number of ketones is 1. The number of nitrogens with zero attached hydrogens (tertiary/aromatic N) is 3. The van der Waals surface area contributed by atoms with E-state index in [-0.39, 0.29) is 12.4 Å². The van der Waals surface area contributed by atoms with Crippen LogP contribution in [0.25, 0.3) is 6.08 Å². The average molecular weight is 361 g/mol. The van der Waals surface area contributed by atoms with Crippen LogP contribution >= 0.6 is 0 Å². The minimum absolute atomic E-state index is 0.112. The maximum atomic E-state index is 12.3. The zero-order valence-corrected chi connectivity index (χ0v) is 15.2. The lowest BCUT2D eigenvalue weighted by Gasteiger charge is -2.03. The summed E-state index contributed by atoms with van der Waals surface area (Å²) in [5.74, 6) is 1.75. The Labute approximate surface area is 157 Å². The zero-order valence-electron chi connectivity index (χ0n) is 15.2. The second-order valence-corrected chi connectivity index (χ2v) is 5.89. The number of benzene rings is 1. The first-order valence-electron chi connectivity index (χ1n) is 8.57. The molecule has 2 heterocycles. The van der Waals surface area contributed by atoms with Gasteiger partial charge in [0, 0.05) is 12.2 Å². The Morgan fingerprint density at radius 2 is 2.07 bits per heavy atom. The SMILES string of the molecule is CCn1ncc(C(=O)/C=C/c2ccc(COc3ccc(C#N)cc3)o2)c1C. The summed E-state index contributed by atoms with van der Waals surface area (Å²) >= 11 is 0. The van der Waals surface area contributed by atoms with Crippen LogP contribution in [0.2, 0.25) is 0 Å². The average Bonchev–Trinajstić information content (AvgIpc) is 3.31. The van der Waals surface area contributed by atoms with Crippen LogP contribution in [0, 0.1) is 18.3 Å². The van der Waals surface area contributed by atoms with Crippen LogP contribution in [0.5, 0.6) is 5.75 Å². The summed E-state index contributed by atoms with van der Waals surface area (Å²) in [7, 11) is 0. The third kappa shape index (κ3) is 4.33. The Balaban J connectivity index is 1.59. The van der Waals surface area contributed by atoms with Gasteiger partial charge >= 0.3 is 0 Å². The zero-order chi connectivity index (χ0) is 19.2. The third-order valence-electron chi connectivity index (χ3n) is 4.11. The molecule has 0 fully saturated rings. The van der Waals surface area contributed by atoms with Gasteiger partial charge in [-0.15, -0.1) is 0 Å². The van der Waals surface area contributed by atoms with Gasteiger partial charge in [-0.1, -0.05) is 0 Å². The molecule has 0 saturated heterocycles. The molecule has 0 aliphatic rings. The number of aromatic nitrogens is 2. The van der Waals surface area contributed by atoms with Gasteiger partial charge in [0.2, 0.25) is 0 Å². The Morgan fingerprint density at radius 3 is 2.74 bits per heavy atom. The molecule has 0 spiro atoms. The van der Waals surface area contributed by atoms with Crippen LogP contribution in [-0.2, 0) is 13.2 Å². The van der Waals surface area contributed by atoms with Gasteiger partial charge in [0.25, 0.3) is 0 Å². The van der Waals surface area contributed by atoms with Crippen molar-refractivity contribution in [2.75, 3.05) is 0 Å². The molecule has 6 heteroatoms. The third-order valence-corrected chi connectivity index (χ3v) is 4.11. The number of furan rings is 1. The minimum atomic E-state index is -0.112. The predicted octanol–water partition coefficient (Wildman–Crippen LogP) is 4.15. The number of hydrogen-bond acceptors (Lipinski definition) is 5. The fourth-order valence-corrected chi connectivity index (χ4v) is 2.60. The molecule has 3 aromatic rings. The Morgan fingerprint density at radius 1 is 1.30 bits per heavy atom. The summed E-state index contributed by atoms with van der Waals surface area (Å²) in [5, 5.41) is 13.0. The van der Waals surface area contributed by atoms with Crippen LogP contribution in [0.15, 0.2) is 53.1 Å². The van der Waals surface area contributed by atoms with Crippen molar-refractivity contribution < 1.29 is 13.9 Å². The van der Waals surface area contributed by atoms with E-state index in [1.165, 1.54) is 6.08 Å². The first kappa shape index (κ1) is 18.2. The molecule has 0 amide bonds. The van der Waals surface area contributed by atoms with E-state index in [1.807, 2.05) is 13.8 Å². The highest BCUT2D eigenvalue weighted by Crippen LogP contribution is 2.16. The van der Waals surface area contributed by atoms with Crippen molar-refractivity contribution in [1.29, 1.82) is 5.26 Å². The first-order chi connectivity index (χ1) is 13.1. The maximum absolute atomic E-state index is 12.3. The highest BCUT2D eigenvalue weighted by Gasteiger charge is 2.11. The van der Waals surface area contributed by atoms with E-state index in [9.17, 15) is 4.79 Å². The summed E-state index contributed by atoms with van der Waals surface area (Å²) in [6.07, 6.45) is 4.70. The molecule has 3 rings (SSSR count). The van der Waals surface area contributed by atoms with Crippen molar-refractivity contribution in [3.05, 3.63) is 77.0 Å². The van der Waals surface area contributed by atoms with Gasteiger partial charge in [-0.2, -0.15) is 10.4 Å². The van der Waals surface area contributed by atoms with Crippen molar-refractivity contribution >= 4 is 11.9 Å². The monoisotopic (exact) mass is 361 g/mol. The number of allylic oxidation sites excluding steroid dienone is 1. The standard InChI is InChI=1S/C21H19N3O3/c1-3-24-15(2)20(13-23-24)21(25)11-10-18-8-9-19(27-18)14-26-17-6-4-16(12-22)5-7-17/h4-11,13H,3,14H2,1-2H3/b11-10+. The molecule has 0 unspecified atom stereocenters. The Kier molecular flexibility index (Phi) is 5.53.